The maximum Gasteiger partial charge on any atom is 0.243 e. The van der Waals surface area contributed by atoms with Gasteiger partial charge in [-0.25, -0.2) is 4.98 Å². The normalized spacial score (nSPS) is 23.3. The van der Waals surface area contributed by atoms with Crippen LogP contribution in [0.5, 0.6) is 0 Å². The summed E-state index contributed by atoms with van der Waals surface area (Å²) in [4.78, 5) is 33.5. The maximum atomic E-state index is 13.2. The van der Waals surface area contributed by atoms with Gasteiger partial charge in [0.15, 0.2) is 0 Å². The standard InChI is InChI=1S/C26H35N3O2S/c1-3-5-19-7-13-22(14-8-19)26(31)29-15-4-6-23(29)25(30)27-16-20-9-11-21(12-10-20)24-18(2)28-17-32-24/h9-12,17,19,22-23H,3-8,13-16H2,1-2H3,(H,27,30). The minimum absolute atomic E-state index is 0.0158. The van der Waals surface area contributed by atoms with Gasteiger partial charge in [-0.15, -0.1) is 11.3 Å². The zero-order valence-corrected chi connectivity index (χ0v) is 20.1. The molecule has 1 atom stereocenters. The molecule has 1 aromatic carbocycles. The van der Waals surface area contributed by atoms with E-state index in [0.717, 1.165) is 61.3 Å². The molecule has 0 spiro atoms. The Morgan fingerprint density at radius 2 is 1.88 bits per heavy atom. The summed E-state index contributed by atoms with van der Waals surface area (Å²) in [6, 6.07) is 7.97. The first-order chi connectivity index (χ1) is 15.6. The predicted octanol–water partition coefficient (Wildman–Crippen LogP) is 5.33. The minimum Gasteiger partial charge on any atom is -0.350 e. The number of hydrogen-bond acceptors (Lipinski definition) is 4. The van der Waals surface area contributed by atoms with Gasteiger partial charge in [0.2, 0.25) is 11.8 Å². The van der Waals surface area contributed by atoms with Crippen LogP contribution in [0.3, 0.4) is 0 Å². The molecule has 1 unspecified atom stereocenters. The Morgan fingerprint density at radius 3 is 2.53 bits per heavy atom. The van der Waals surface area contributed by atoms with Crippen molar-refractivity contribution in [2.45, 2.75) is 77.8 Å². The second-order valence-electron chi connectivity index (χ2n) is 9.38. The van der Waals surface area contributed by atoms with E-state index in [2.05, 4.69) is 41.5 Å². The summed E-state index contributed by atoms with van der Waals surface area (Å²) in [5.74, 6) is 1.09. The fourth-order valence-electron chi connectivity index (χ4n) is 5.30. The first-order valence-corrected chi connectivity index (χ1v) is 13.0. The molecule has 0 bridgehead atoms. The minimum atomic E-state index is -0.310. The number of aromatic nitrogens is 1. The van der Waals surface area contributed by atoms with Crippen molar-refractivity contribution in [3.8, 4) is 10.4 Å². The van der Waals surface area contributed by atoms with Crippen molar-refractivity contribution in [1.29, 1.82) is 0 Å². The number of amides is 2. The fourth-order valence-corrected chi connectivity index (χ4v) is 6.12. The smallest absolute Gasteiger partial charge is 0.243 e. The van der Waals surface area contributed by atoms with Crippen LogP contribution in [0, 0.1) is 18.8 Å². The van der Waals surface area contributed by atoms with E-state index in [1.165, 1.54) is 17.7 Å². The van der Waals surface area contributed by atoms with E-state index in [1.54, 1.807) is 11.3 Å². The summed E-state index contributed by atoms with van der Waals surface area (Å²) in [7, 11) is 0. The molecule has 2 amide bonds. The van der Waals surface area contributed by atoms with Gasteiger partial charge < -0.3 is 10.2 Å². The van der Waals surface area contributed by atoms with Crippen molar-refractivity contribution >= 4 is 23.2 Å². The average Bonchev–Trinajstić information content (AvgIpc) is 3.47. The molecule has 2 fully saturated rings. The van der Waals surface area contributed by atoms with E-state index >= 15 is 0 Å². The zero-order chi connectivity index (χ0) is 22.5. The van der Waals surface area contributed by atoms with Gasteiger partial charge in [-0.2, -0.15) is 0 Å². The fraction of sp³-hybridized carbons (Fsp3) is 0.577. The molecule has 6 heteroatoms. The molecular formula is C26H35N3O2S. The van der Waals surface area contributed by atoms with Gasteiger partial charge in [-0.1, -0.05) is 44.0 Å². The number of nitrogens with zero attached hydrogens (tertiary/aromatic N) is 2. The molecule has 1 aliphatic carbocycles. The van der Waals surface area contributed by atoms with E-state index in [9.17, 15) is 9.59 Å². The van der Waals surface area contributed by atoms with Gasteiger partial charge in [-0.05, 0) is 62.5 Å². The van der Waals surface area contributed by atoms with Crippen LogP contribution < -0.4 is 5.32 Å². The highest BCUT2D eigenvalue weighted by atomic mass is 32.1. The van der Waals surface area contributed by atoms with Crippen LogP contribution in [0.1, 0.15) is 69.5 Å². The highest BCUT2D eigenvalue weighted by molar-refractivity contribution is 7.13. The molecule has 1 saturated carbocycles. The van der Waals surface area contributed by atoms with Gasteiger partial charge in [0, 0.05) is 19.0 Å². The van der Waals surface area contributed by atoms with E-state index in [-0.39, 0.29) is 23.8 Å². The van der Waals surface area contributed by atoms with Crippen LogP contribution in [-0.4, -0.2) is 34.3 Å². The van der Waals surface area contributed by atoms with E-state index in [1.807, 2.05) is 17.3 Å². The first-order valence-electron chi connectivity index (χ1n) is 12.1. The topological polar surface area (TPSA) is 62.3 Å². The summed E-state index contributed by atoms with van der Waals surface area (Å²) in [5, 5.41) is 3.08. The van der Waals surface area contributed by atoms with Gasteiger partial charge in [0.05, 0.1) is 16.1 Å². The zero-order valence-electron chi connectivity index (χ0n) is 19.3. The molecular weight excluding hydrogens is 418 g/mol. The van der Waals surface area contributed by atoms with Crippen LogP contribution in [0.15, 0.2) is 29.8 Å². The van der Waals surface area contributed by atoms with Gasteiger partial charge in [0.25, 0.3) is 0 Å². The molecule has 0 radical (unpaired) electrons. The number of carbonyl (C=O) groups is 2. The third kappa shape index (κ3) is 5.22. The summed E-state index contributed by atoms with van der Waals surface area (Å²) in [5.41, 5.74) is 5.13. The number of carbonyl (C=O) groups excluding carboxylic acids is 2. The number of aryl methyl sites for hydroxylation is 1. The molecule has 32 heavy (non-hydrogen) atoms. The Balaban J connectivity index is 1.30. The van der Waals surface area contributed by atoms with Crippen molar-refractivity contribution < 1.29 is 9.59 Å². The number of thiazole rings is 1. The highest BCUT2D eigenvalue weighted by Gasteiger charge is 2.38. The summed E-state index contributed by atoms with van der Waals surface area (Å²) >= 11 is 1.64. The Hall–Kier alpha value is -2.21. The van der Waals surface area contributed by atoms with Crippen LogP contribution in [0.4, 0.5) is 0 Å². The van der Waals surface area contributed by atoms with Gasteiger partial charge in [0.1, 0.15) is 6.04 Å². The molecule has 2 aromatic rings. The first kappa shape index (κ1) is 23.0. The second-order valence-corrected chi connectivity index (χ2v) is 10.2. The van der Waals surface area contributed by atoms with Crippen molar-refractivity contribution in [2.75, 3.05) is 6.54 Å². The third-order valence-electron chi connectivity index (χ3n) is 7.16. The van der Waals surface area contributed by atoms with E-state index < -0.39 is 0 Å². The molecule has 1 saturated heterocycles. The lowest BCUT2D eigenvalue weighted by atomic mass is 9.79. The maximum absolute atomic E-state index is 13.2. The third-order valence-corrected chi connectivity index (χ3v) is 8.14. The van der Waals surface area contributed by atoms with Crippen LogP contribution >= 0.6 is 11.3 Å². The lowest BCUT2D eigenvalue weighted by Gasteiger charge is -2.32. The van der Waals surface area contributed by atoms with Crippen molar-refractivity contribution in [1.82, 2.24) is 15.2 Å². The quantitative estimate of drug-likeness (QED) is 0.616. The lowest BCUT2D eigenvalue weighted by molar-refractivity contribution is -0.142. The number of hydrogen-bond donors (Lipinski definition) is 1. The Kier molecular flexibility index (Phi) is 7.61. The van der Waals surface area contributed by atoms with E-state index in [4.69, 9.17) is 0 Å². The van der Waals surface area contributed by atoms with Crippen molar-refractivity contribution in [2.24, 2.45) is 11.8 Å². The molecule has 172 valence electrons. The van der Waals surface area contributed by atoms with Crippen LogP contribution in [0.2, 0.25) is 0 Å². The monoisotopic (exact) mass is 453 g/mol. The molecule has 1 aromatic heterocycles. The van der Waals surface area contributed by atoms with Crippen LogP contribution in [-0.2, 0) is 16.1 Å². The predicted molar refractivity (Wildman–Crippen MR) is 129 cm³/mol. The van der Waals surface area contributed by atoms with Gasteiger partial charge in [-0.3, -0.25) is 9.59 Å². The molecule has 1 N–H and O–H groups in total. The Bertz CT molecular complexity index is 915. The van der Waals surface area contributed by atoms with E-state index in [0.29, 0.717) is 13.1 Å². The summed E-state index contributed by atoms with van der Waals surface area (Å²) in [6.07, 6.45) is 8.48. The Labute approximate surface area is 195 Å². The number of nitrogens with one attached hydrogen (secondary N) is 1. The summed E-state index contributed by atoms with van der Waals surface area (Å²) in [6.45, 7) is 5.46. The van der Waals surface area contributed by atoms with Crippen molar-refractivity contribution in [3.63, 3.8) is 0 Å². The number of rotatable bonds is 7. The lowest BCUT2D eigenvalue weighted by Crippen LogP contribution is -2.48. The summed E-state index contributed by atoms with van der Waals surface area (Å²) < 4.78 is 0. The SMILES string of the molecule is CCCC1CCC(C(=O)N2CCCC2C(=O)NCc2ccc(-c3scnc3C)cc2)CC1. The van der Waals surface area contributed by atoms with Crippen LogP contribution in [0.25, 0.3) is 10.4 Å². The number of benzene rings is 1. The number of likely N-dealkylation sites (tertiary alicyclic amines) is 1. The van der Waals surface area contributed by atoms with Crippen molar-refractivity contribution in [3.05, 3.63) is 41.0 Å². The largest absolute Gasteiger partial charge is 0.350 e. The highest BCUT2D eigenvalue weighted by Crippen LogP contribution is 2.34. The Morgan fingerprint density at radius 1 is 1.12 bits per heavy atom. The molecule has 2 heterocycles. The van der Waals surface area contributed by atoms with Gasteiger partial charge >= 0.3 is 0 Å². The average molecular weight is 454 g/mol. The second kappa shape index (κ2) is 10.6. The molecule has 1 aliphatic heterocycles. The molecule has 5 nitrogen and oxygen atoms in total. The molecule has 2 aliphatic rings. The molecule has 4 rings (SSSR count).